The third kappa shape index (κ3) is 8.61. The summed E-state index contributed by atoms with van der Waals surface area (Å²) in [6.07, 6.45) is 0.360. The van der Waals surface area contributed by atoms with E-state index in [0.717, 1.165) is 11.1 Å². The molecule has 184 valence electrons. The van der Waals surface area contributed by atoms with Crippen molar-refractivity contribution in [3.8, 4) is 5.75 Å². The summed E-state index contributed by atoms with van der Waals surface area (Å²) >= 11 is 12.1. The Bertz CT molecular complexity index is 1130. The van der Waals surface area contributed by atoms with Crippen molar-refractivity contribution in [1.29, 1.82) is 0 Å². The Balaban J connectivity index is 1.92. The summed E-state index contributed by atoms with van der Waals surface area (Å²) < 4.78 is 5.74. The molecule has 1 N–H and O–H groups in total. The number of halogens is 2. The average Bonchev–Trinajstić information content (AvgIpc) is 2.80. The first kappa shape index (κ1) is 26.6. The molecule has 5 nitrogen and oxygen atoms in total. The van der Waals surface area contributed by atoms with Gasteiger partial charge in [0.25, 0.3) is 5.91 Å². The van der Waals surface area contributed by atoms with Crippen LogP contribution in [0.2, 0.25) is 10.0 Å². The molecule has 1 atom stereocenters. The van der Waals surface area contributed by atoms with Crippen molar-refractivity contribution < 1.29 is 14.3 Å². The Labute approximate surface area is 217 Å². The fourth-order valence-electron chi connectivity index (χ4n) is 3.58. The molecule has 0 spiro atoms. The van der Waals surface area contributed by atoms with Crippen LogP contribution in [0, 0.1) is 0 Å². The summed E-state index contributed by atoms with van der Waals surface area (Å²) in [5, 5.41) is 4.15. The van der Waals surface area contributed by atoms with Gasteiger partial charge in [0.05, 0.1) is 0 Å². The van der Waals surface area contributed by atoms with Gasteiger partial charge < -0.3 is 15.0 Å². The third-order valence-corrected chi connectivity index (χ3v) is 5.68. The number of hydrogen-bond donors (Lipinski definition) is 1. The van der Waals surface area contributed by atoms with Gasteiger partial charge in [-0.05, 0) is 62.2 Å². The molecular formula is C28H30Cl2N2O3. The van der Waals surface area contributed by atoms with Crippen LogP contribution in [0.1, 0.15) is 31.9 Å². The van der Waals surface area contributed by atoms with Crippen LogP contribution in [-0.2, 0) is 22.6 Å². The van der Waals surface area contributed by atoms with E-state index in [1.54, 1.807) is 41.3 Å². The van der Waals surface area contributed by atoms with E-state index in [0.29, 0.717) is 22.2 Å². The maximum Gasteiger partial charge on any atom is 0.261 e. The standard InChI is InChI=1S/C28H30Cl2N2O3/c1-28(2,3)31-27(34)25(16-20-8-5-4-6-9-20)32(18-21-12-14-22(29)15-13-21)26(33)19-35-24-11-7-10-23(30)17-24/h4-15,17,25H,16,18-19H2,1-3H3,(H,31,34)/t25-/m0/s1. The topological polar surface area (TPSA) is 58.6 Å². The Morgan fingerprint density at radius 1 is 0.886 bits per heavy atom. The second-order valence-corrected chi connectivity index (χ2v) is 10.2. The largest absolute Gasteiger partial charge is 0.484 e. The van der Waals surface area contributed by atoms with Gasteiger partial charge in [0, 0.05) is 28.5 Å². The first-order valence-electron chi connectivity index (χ1n) is 11.4. The van der Waals surface area contributed by atoms with Crippen molar-refractivity contribution in [3.63, 3.8) is 0 Å². The predicted molar refractivity (Wildman–Crippen MR) is 141 cm³/mol. The van der Waals surface area contributed by atoms with E-state index in [1.807, 2.05) is 63.2 Å². The molecular weight excluding hydrogens is 483 g/mol. The number of benzene rings is 3. The van der Waals surface area contributed by atoms with Crippen LogP contribution >= 0.6 is 23.2 Å². The zero-order valence-electron chi connectivity index (χ0n) is 20.1. The molecule has 2 amide bonds. The smallest absolute Gasteiger partial charge is 0.261 e. The van der Waals surface area contributed by atoms with E-state index in [4.69, 9.17) is 27.9 Å². The number of ether oxygens (including phenoxy) is 1. The lowest BCUT2D eigenvalue weighted by molar-refractivity contribution is -0.143. The van der Waals surface area contributed by atoms with E-state index in [1.165, 1.54) is 0 Å². The maximum atomic E-state index is 13.5. The Kier molecular flexibility index (Phi) is 9.19. The Morgan fingerprint density at radius 2 is 1.57 bits per heavy atom. The summed E-state index contributed by atoms with van der Waals surface area (Å²) in [6.45, 7) is 5.74. The molecule has 0 aromatic heterocycles. The number of nitrogens with zero attached hydrogens (tertiary/aromatic N) is 1. The monoisotopic (exact) mass is 512 g/mol. The lowest BCUT2D eigenvalue weighted by Gasteiger charge is -2.33. The highest BCUT2D eigenvalue weighted by Crippen LogP contribution is 2.20. The predicted octanol–water partition coefficient (Wildman–Crippen LogP) is 5.93. The van der Waals surface area contributed by atoms with Gasteiger partial charge in [-0.15, -0.1) is 0 Å². The van der Waals surface area contributed by atoms with Gasteiger partial charge in [0.1, 0.15) is 11.8 Å². The highest BCUT2D eigenvalue weighted by molar-refractivity contribution is 6.30. The van der Waals surface area contributed by atoms with Gasteiger partial charge in [0.15, 0.2) is 6.61 Å². The summed E-state index contributed by atoms with van der Waals surface area (Å²) in [5.74, 6) is -0.0626. The van der Waals surface area contributed by atoms with Crippen molar-refractivity contribution in [1.82, 2.24) is 10.2 Å². The molecule has 3 aromatic carbocycles. The lowest BCUT2D eigenvalue weighted by atomic mass is 10.0. The number of nitrogens with one attached hydrogen (secondary N) is 1. The van der Waals surface area contributed by atoms with Crippen molar-refractivity contribution in [2.75, 3.05) is 6.61 Å². The Hall–Kier alpha value is -3.02. The van der Waals surface area contributed by atoms with Crippen LogP contribution < -0.4 is 10.1 Å². The molecule has 0 aliphatic rings. The van der Waals surface area contributed by atoms with Gasteiger partial charge >= 0.3 is 0 Å². The highest BCUT2D eigenvalue weighted by Gasteiger charge is 2.32. The fraction of sp³-hybridized carbons (Fsp3) is 0.286. The van der Waals surface area contributed by atoms with Crippen LogP contribution in [0.3, 0.4) is 0 Å². The minimum absolute atomic E-state index is 0.226. The second-order valence-electron chi connectivity index (χ2n) is 9.34. The number of rotatable bonds is 9. The van der Waals surface area contributed by atoms with Crippen LogP contribution in [0.5, 0.6) is 5.75 Å². The summed E-state index contributed by atoms with van der Waals surface area (Å²) in [4.78, 5) is 28.6. The quantitative estimate of drug-likeness (QED) is 0.386. The molecule has 0 saturated carbocycles. The molecule has 0 radical (unpaired) electrons. The number of carbonyl (C=O) groups excluding carboxylic acids is 2. The molecule has 35 heavy (non-hydrogen) atoms. The van der Waals surface area contributed by atoms with E-state index in [2.05, 4.69) is 5.32 Å². The van der Waals surface area contributed by atoms with E-state index in [-0.39, 0.29) is 25.0 Å². The zero-order chi connectivity index (χ0) is 25.4. The third-order valence-electron chi connectivity index (χ3n) is 5.19. The van der Waals surface area contributed by atoms with Gasteiger partial charge in [-0.25, -0.2) is 0 Å². The van der Waals surface area contributed by atoms with Crippen molar-refractivity contribution in [2.45, 2.75) is 45.3 Å². The lowest BCUT2D eigenvalue weighted by Crippen LogP contribution is -2.55. The van der Waals surface area contributed by atoms with Gasteiger partial charge in [0.2, 0.25) is 5.91 Å². The molecule has 0 saturated heterocycles. The summed E-state index contributed by atoms with van der Waals surface area (Å²) in [7, 11) is 0. The number of hydrogen-bond acceptors (Lipinski definition) is 3. The molecule has 0 aliphatic heterocycles. The Morgan fingerprint density at radius 3 is 2.20 bits per heavy atom. The van der Waals surface area contributed by atoms with Gasteiger partial charge in [-0.2, -0.15) is 0 Å². The number of carbonyl (C=O) groups is 2. The van der Waals surface area contributed by atoms with E-state index in [9.17, 15) is 9.59 Å². The van der Waals surface area contributed by atoms with Crippen molar-refractivity contribution in [2.24, 2.45) is 0 Å². The normalized spacial score (nSPS) is 12.0. The van der Waals surface area contributed by atoms with E-state index < -0.39 is 11.6 Å². The maximum absolute atomic E-state index is 13.5. The molecule has 0 aliphatic carbocycles. The minimum Gasteiger partial charge on any atom is -0.484 e. The second kappa shape index (κ2) is 12.1. The first-order valence-corrected chi connectivity index (χ1v) is 12.1. The molecule has 7 heteroatoms. The molecule has 0 fully saturated rings. The molecule has 3 rings (SSSR count). The molecule has 0 unspecified atom stereocenters. The SMILES string of the molecule is CC(C)(C)NC(=O)[C@H](Cc1ccccc1)N(Cc1ccc(Cl)cc1)C(=O)COc1cccc(Cl)c1. The van der Waals surface area contributed by atoms with E-state index >= 15 is 0 Å². The van der Waals surface area contributed by atoms with Crippen LogP contribution in [0.25, 0.3) is 0 Å². The zero-order valence-corrected chi connectivity index (χ0v) is 21.6. The molecule has 0 bridgehead atoms. The average molecular weight is 513 g/mol. The minimum atomic E-state index is -0.747. The summed E-state index contributed by atoms with van der Waals surface area (Å²) in [6, 6.07) is 23.0. The fourth-order valence-corrected chi connectivity index (χ4v) is 3.88. The number of amides is 2. The highest BCUT2D eigenvalue weighted by atomic mass is 35.5. The first-order chi connectivity index (χ1) is 16.6. The van der Waals surface area contributed by atoms with Crippen molar-refractivity contribution >= 4 is 35.0 Å². The van der Waals surface area contributed by atoms with Gasteiger partial charge in [-0.3, -0.25) is 9.59 Å². The molecule has 0 heterocycles. The van der Waals surface area contributed by atoms with Crippen LogP contribution in [0.15, 0.2) is 78.9 Å². The van der Waals surface area contributed by atoms with Crippen molar-refractivity contribution in [3.05, 3.63) is 100 Å². The van der Waals surface area contributed by atoms with Crippen LogP contribution in [-0.4, -0.2) is 34.9 Å². The summed E-state index contributed by atoms with van der Waals surface area (Å²) in [5.41, 5.74) is 1.34. The molecule has 3 aromatic rings. The van der Waals surface area contributed by atoms with Crippen LogP contribution in [0.4, 0.5) is 0 Å². The van der Waals surface area contributed by atoms with Gasteiger partial charge in [-0.1, -0.05) is 71.7 Å².